The molecular weight excluding hydrogens is 276 g/mol. The average Bonchev–Trinajstić information content (AvgIpc) is 2.52. The van der Waals surface area contributed by atoms with E-state index in [1.807, 2.05) is 31.2 Å². The summed E-state index contributed by atoms with van der Waals surface area (Å²) in [7, 11) is 1.69. The van der Waals surface area contributed by atoms with Crippen molar-refractivity contribution in [2.24, 2.45) is 7.05 Å². The molecule has 0 radical (unpaired) electrons. The standard InChI is InChI=1S/C18H20N2O2/c1-5-11-20(12-6-2)18(22)16-13(3)14-9-7-8-10-15(14)19(4)17(16)21/h5-10H,1-2,11-12H2,3-4H3. The van der Waals surface area contributed by atoms with Crippen molar-refractivity contribution in [1.82, 2.24) is 9.47 Å². The number of para-hydroxylation sites is 1. The van der Waals surface area contributed by atoms with Crippen LogP contribution in [0.25, 0.3) is 10.9 Å². The first-order valence-electron chi connectivity index (χ1n) is 7.12. The third kappa shape index (κ3) is 2.60. The number of carbonyl (C=O) groups excluding carboxylic acids is 1. The van der Waals surface area contributed by atoms with Crippen LogP contribution in [0.2, 0.25) is 0 Å². The highest BCUT2D eigenvalue weighted by Crippen LogP contribution is 2.19. The van der Waals surface area contributed by atoms with E-state index in [-0.39, 0.29) is 17.0 Å². The van der Waals surface area contributed by atoms with Crippen molar-refractivity contribution in [2.75, 3.05) is 13.1 Å². The van der Waals surface area contributed by atoms with Gasteiger partial charge >= 0.3 is 0 Å². The molecular formula is C18H20N2O2. The lowest BCUT2D eigenvalue weighted by Gasteiger charge is -2.21. The van der Waals surface area contributed by atoms with Gasteiger partial charge in [-0.2, -0.15) is 0 Å². The van der Waals surface area contributed by atoms with Crippen LogP contribution >= 0.6 is 0 Å². The maximum Gasteiger partial charge on any atom is 0.263 e. The average molecular weight is 296 g/mol. The van der Waals surface area contributed by atoms with Gasteiger partial charge in [0, 0.05) is 25.5 Å². The summed E-state index contributed by atoms with van der Waals surface area (Å²) >= 11 is 0. The quantitative estimate of drug-likeness (QED) is 0.796. The number of amides is 1. The van der Waals surface area contributed by atoms with Crippen LogP contribution in [0.15, 0.2) is 54.4 Å². The zero-order valence-corrected chi connectivity index (χ0v) is 13.0. The van der Waals surface area contributed by atoms with Crippen LogP contribution in [-0.2, 0) is 7.05 Å². The van der Waals surface area contributed by atoms with Crippen LogP contribution in [-0.4, -0.2) is 28.5 Å². The molecule has 114 valence electrons. The summed E-state index contributed by atoms with van der Waals surface area (Å²) < 4.78 is 1.52. The van der Waals surface area contributed by atoms with Crippen molar-refractivity contribution in [3.05, 3.63) is 71.1 Å². The summed E-state index contributed by atoms with van der Waals surface area (Å²) in [5.74, 6) is -0.288. The first kappa shape index (κ1) is 15.8. The van der Waals surface area contributed by atoms with E-state index >= 15 is 0 Å². The second-order valence-electron chi connectivity index (χ2n) is 5.17. The maximum absolute atomic E-state index is 12.8. The Balaban J connectivity index is 2.69. The van der Waals surface area contributed by atoms with E-state index in [1.165, 1.54) is 4.57 Å². The number of benzene rings is 1. The van der Waals surface area contributed by atoms with E-state index in [2.05, 4.69) is 13.2 Å². The Morgan fingerprint density at radius 3 is 2.41 bits per heavy atom. The summed E-state index contributed by atoms with van der Waals surface area (Å²) in [5.41, 5.74) is 1.46. The molecule has 1 amide bonds. The van der Waals surface area contributed by atoms with E-state index in [0.717, 1.165) is 10.9 Å². The molecule has 0 fully saturated rings. The normalized spacial score (nSPS) is 10.5. The van der Waals surface area contributed by atoms with Gasteiger partial charge in [0.05, 0.1) is 5.52 Å². The fraction of sp³-hybridized carbons (Fsp3) is 0.222. The summed E-state index contributed by atoms with van der Waals surface area (Å²) in [6.07, 6.45) is 3.28. The van der Waals surface area contributed by atoms with Gasteiger partial charge in [0.2, 0.25) is 0 Å². The molecule has 0 spiro atoms. The maximum atomic E-state index is 12.8. The molecule has 0 aliphatic carbocycles. The third-order valence-electron chi connectivity index (χ3n) is 3.76. The highest BCUT2D eigenvalue weighted by Gasteiger charge is 2.22. The number of carbonyl (C=O) groups is 1. The molecule has 1 heterocycles. The Morgan fingerprint density at radius 2 is 1.82 bits per heavy atom. The lowest BCUT2D eigenvalue weighted by Crippen LogP contribution is -2.37. The number of aryl methyl sites for hydroxylation is 2. The Kier molecular flexibility index (Phi) is 4.61. The van der Waals surface area contributed by atoms with E-state index in [1.54, 1.807) is 24.1 Å². The van der Waals surface area contributed by atoms with Crippen molar-refractivity contribution < 1.29 is 4.79 Å². The van der Waals surface area contributed by atoms with Crippen molar-refractivity contribution in [3.63, 3.8) is 0 Å². The van der Waals surface area contributed by atoms with E-state index in [0.29, 0.717) is 18.7 Å². The van der Waals surface area contributed by atoms with Gasteiger partial charge in [0.25, 0.3) is 11.5 Å². The fourth-order valence-corrected chi connectivity index (χ4v) is 2.62. The predicted molar refractivity (Wildman–Crippen MR) is 90.2 cm³/mol. The Hall–Kier alpha value is -2.62. The van der Waals surface area contributed by atoms with Crippen molar-refractivity contribution in [1.29, 1.82) is 0 Å². The lowest BCUT2D eigenvalue weighted by atomic mass is 10.0. The van der Waals surface area contributed by atoms with Gasteiger partial charge in [-0.3, -0.25) is 9.59 Å². The molecule has 0 atom stereocenters. The fourth-order valence-electron chi connectivity index (χ4n) is 2.62. The number of hydrogen-bond donors (Lipinski definition) is 0. The van der Waals surface area contributed by atoms with Crippen LogP contribution in [0.3, 0.4) is 0 Å². The van der Waals surface area contributed by atoms with E-state index < -0.39 is 0 Å². The molecule has 4 nitrogen and oxygen atoms in total. The van der Waals surface area contributed by atoms with Crippen LogP contribution in [0.1, 0.15) is 15.9 Å². The molecule has 0 aliphatic heterocycles. The topological polar surface area (TPSA) is 42.3 Å². The molecule has 0 N–H and O–H groups in total. The van der Waals surface area contributed by atoms with Crippen LogP contribution < -0.4 is 5.56 Å². The first-order chi connectivity index (χ1) is 10.5. The number of nitrogens with zero attached hydrogens (tertiary/aromatic N) is 2. The number of aromatic nitrogens is 1. The highest BCUT2D eigenvalue weighted by atomic mass is 16.2. The lowest BCUT2D eigenvalue weighted by molar-refractivity contribution is 0.0788. The molecule has 2 aromatic rings. The summed E-state index contributed by atoms with van der Waals surface area (Å²) in [6, 6.07) is 7.58. The van der Waals surface area contributed by atoms with Crippen molar-refractivity contribution in [3.8, 4) is 0 Å². The molecule has 4 heteroatoms. The summed E-state index contributed by atoms with van der Waals surface area (Å²) in [6.45, 7) is 9.89. The van der Waals surface area contributed by atoms with Gasteiger partial charge in [-0.05, 0) is 18.6 Å². The van der Waals surface area contributed by atoms with Crippen LogP contribution in [0.5, 0.6) is 0 Å². The van der Waals surface area contributed by atoms with E-state index in [4.69, 9.17) is 0 Å². The smallest absolute Gasteiger partial charge is 0.263 e. The predicted octanol–water partition coefficient (Wildman–Crippen LogP) is 2.66. The molecule has 0 aliphatic rings. The molecule has 1 aromatic heterocycles. The van der Waals surface area contributed by atoms with E-state index in [9.17, 15) is 9.59 Å². The van der Waals surface area contributed by atoms with Gasteiger partial charge in [0.1, 0.15) is 5.56 Å². The largest absolute Gasteiger partial charge is 0.331 e. The molecule has 2 rings (SSSR count). The van der Waals surface area contributed by atoms with Gasteiger partial charge < -0.3 is 9.47 Å². The molecule has 0 unspecified atom stereocenters. The zero-order chi connectivity index (χ0) is 16.3. The van der Waals surface area contributed by atoms with Crippen molar-refractivity contribution in [2.45, 2.75) is 6.92 Å². The highest BCUT2D eigenvalue weighted by molar-refractivity contribution is 6.00. The Bertz CT molecular complexity index is 793. The van der Waals surface area contributed by atoms with Crippen LogP contribution in [0.4, 0.5) is 0 Å². The minimum Gasteiger partial charge on any atom is -0.331 e. The summed E-state index contributed by atoms with van der Waals surface area (Å²) in [4.78, 5) is 27.0. The SMILES string of the molecule is C=CCN(CC=C)C(=O)c1c(C)c2ccccc2n(C)c1=O. The van der Waals surface area contributed by atoms with Gasteiger partial charge in [-0.15, -0.1) is 13.2 Å². The van der Waals surface area contributed by atoms with Gasteiger partial charge in [0.15, 0.2) is 0 Å². The summed E-state index contributed by atoms with van der Waals surface area (Å²) in [5, 5.41) is 0.908. The minimum absolute atomic E-state index is 0.213. The Morgan fingerprint density at radius 1 is 1.23 bits per heavy atom. The number of pyridine rings is 1. The number of rotatable bonds is 5. The second kappa shape index (κ2) is 6.43. The molecule has 1 aromatic carbocycles. The van der Waals surface area contributed by atoms with Gasteiger partial charge in [-0.25, -0.2) is 0 Å². The Labute approximate surface area is 130 Å². The van der Waals surface area contributed by atoms with Crippen LogP contribution in [0, 0.1) is 6.92 Å². The number of hydrogen-bond acceptors (Lipinski definition) is 2. The molecule has 0 saturated carbocycles. The number of fused-ring (bicyclic) bond motifs is 1. The molecule has 0 saturated heterocycles. The minimum atomic E-state index is -0.288. The third-order valence-corrected chi connectivity index (χ3v) is 3.76. The first-order valence-corrected chi connectivity index (χ1v) is 7.12. The monoisotopic (exact) mass is 296 g/mol. The molecule has 22 heavy (non-hydrogen) atoms. The molecule has 0 bridgehead atoms. The zero-order valence-electron chi connectivity index (χ0n) is 13.0. The van der Waals surface area contributed by atoms with Crippen molar-refractivity contribution >= 4 is 16.8 Å². The second-order valence-corrected chi connectivity index (χ2v) is 5.17. The van der Waals surface area contributed by atoms with Gasteiger partial charge in [-0.1, -0.05) is 30.4 Å².